The summed E-state index contributed by atoms with van der Waals surface area (Å²) in [6.07, 6.45) is 0.677. The lowest BCUT2D eigenvalue weighted by molar-refractivity contribution is 0.0535. The minimum atomic E-state index is -0.706. The Labute approximate surface area is 105 Å². The zero-order chi connectivity index (χ0) is 13.1. The van der Waals surface area contributed by atoms with Gasteiger partial charge in [-0.1, -0.05) is 29.8 Å². The van der Waals surface area contributed by atoms with E-state index in [1.54, 1.807) is 0 Å². The van der Waals surface area contributed by atoms with Crippen LogP contribution in [0.5, 0.6) is 0 Å². The highest BCUT2D eigenvalue weighted by Gasteiger charge is 2.23. The van der Waals surface area contributed by atoms with Gasteiger partial charge in [0.05, 0.1) is 5.60 Å². The van der Waals surface area contributed by atoms with Gasteiger partial charge in [0.25, 0.3) is 0 Å². The molecule has 0 bridgehead atoms. The van der Waals surface area contributed by atoms with Crippen molar-refractivity contribution in [1.82, 2.24) is 5.32 Å². The largest absolute Gasteiger partial charge is 0.389 e. The Morgan fingerprint density at radius 2 is 1.59 bits per heavy atom. The van der Waals surface area contributed by atoms with E-state index in [-0.39, 0.29) is 5.54 Å². The van der Waals surface area contributed by atoms with E-state index < -0.39 is 5.60 Å². The van der Waals surface area contributed by atoms with Crippen LogP contribution in [-0.4, -0.2) is 22.8 Å². The smallest absolute Gasteiger partial charge is 0.0783 e. The molecule has 0 fully saturated rings. The average molecular weight is 235 g/mol. The topological polar surface area (TPSA) is 32.3 Å². The molecule has 1 aromatic rings. The van der Waals surface area contributed by atoms with Crippen LogP contribution in [0.25, 0.3) is 0 Å². The average Bonchev–Trinajstić information content (AvgIpc) is 2.18. The summed E-state index contributed by atoms with van der Waals surface area (Å²) in [5, 5.41) is 13.7. The highest BCUT2D eigenvalue weighted by molar-refractivity contribution is 5.22. The molecule has 1 atom stereocenters. The first-order valence-corrected chi connectivity index (χ1v) is 6.21. The number of aryl methyl sites for hydroxylation is 1. The predicted molar refractivity (Wildman–Crippen MR) is 73.3 cm³/mol. The van der Waals surface area contributed by atoms with Crippen molar-refractivity contribution >= 4 is 0 Å². The second kappa shape index (κ2) is 5.19. The first-order chi connectivity index (χ1) is 7.68. The van der Waals surface area contributed by atoms with Crippen molar-refractivity contribution in [2.75, 3.05) is 6.54 Å². The van der Waals surface area contributed by atoms with Gasteiger partial charge in [0.15, 0.2) is 0 Å². The van der Waals surface area contributed by atoms with E-state index in [1.165, 1.54) is 11.1 Å². The number of rotatable bonds is 4. The fourth-order valence-corrected chi connectivity index (χ4v) is 1.66. The van der Waals surface area contributed by atoms with Gasteiger partial charge in [0, 0.05) is 18.5 Å². The third-order valence-electron chi connectivity index (χ3n) is 2.71. The standard InChI is InChI=1S/C15H25NO/c1-12-6-8-13(9-7-12)10-15(5,17)11-16-14(2,3)4/h6-9,16-17H,10-11H2,1-5H3. The monoisotopic (exact) mass is 235 g/mol. The summed E-state index contributed by atoms with van der Waals surface area (Å²) in [5.41, 5.74) is 1.76. The maximum absolute atomic E-state index is 10.3. The van der Waals surface area contributed by atoms with Crippen molar-refractivity contribution in [1.29, 1.82) is 0 Å². The van der Waals surface area contributed by atoms with Crippen LogP contribution in [0.1, 0.15) is 38.8 Å². The summed E-state index contributed by atoms with van der Waals surface area (Å²) in [6.45, 7) is 10.9. The van der Waals surface area contributed by atoms with Crippen LogP contribution < -0.4 is 5.32 Å². The van der Waals surface area contributed by atoms with Gasteiger partial charge in [-0.15, -0.1) is 0 Å². The van der Waals surface area contributed by atoms with Crippen molar-refractivity contribution in [2.24, 2.45) is 0 Å². The van der Waals surface area contributed by atoms with Gasteiger partial charge in [-0.2, -0.15) is 0 Å². The molecule has 1 aromatic carbocycles. The number of hydrogen-bond donors (Lipinski definition) is 2. The van der Waals surface area contributed by atoms with Crippen LogP contribution in [0.2, 0.25) is 0 Å². The second-order valence-electron chi connectivity index (χ2n) is 6.26. The lowest BCUT2D eigenvalue weighted by atomic mass is 9.95. The van der Waals surface area contributed by atoms with Gasteiger partial charge in [0.1, 0.15) is 0 Å². The minimum Gasteiger partial charge on any atom is -0.389 e. The Bertz CT molecular complexity index is 346. The summed E-state index contributed by atoms with van der Waals surface area (Å²) < 4.78 is 0. The fourth-order valence-electron chi connectivity index (χ4n) is 1.66. The van der Waals surface area contributed by atoms with Crippen molar-refractivity contribution in [3.05, 3.63) is 35.4 Å². The molecule has 0 spiro atoms. The summed E-state index contributed by atoms with van der Waals surface area (Å²) in [5.74, 6) is 0. The number of aliphatic hydroxyl groups is 1. The number of nitrogens with one attached hydrogen (secondary N) is 1. The molecular formula is C15H25NO. The molecule has 0 radical (unpaired) electrons. The molecule has 0 amide bonds. The molecule has 0 heterocycles. The maximum Gasteiger partial charge on any atom is 0.0783 e. The fraction of sp³-hybridized carbons (Fsp3) is 0.600. The highest BCUT2D eigenvalue weighted by Crippen LogP contribution is 2.14. The van der Waals surface area contributed by atoms with Crippen molar-refractivity contribution in [3.8, 4) is 0 Å². The van der Waals surface area contributed by atoms with E-state index >= 15 is 0 Å². The Kier molecular flexibility index (Phi) is 4.34. The van der Waals surface area contributed by atoms with Gasteiger partial charge >= 0.3 is 0 Å². The third-order valence-corrected chi connectivity index (χ3v) is 2.71. The molecular weight excluding hydrogens is 210 g/mol. The molecule has 0 aliphatic rings. The highest BCUT2D eigenvalue weighted by atomic mass is 16.3. The number of benzene rings is 1. The van der Waals surface area contributed by atoms with Gasteiger partial charge in [-0.05, 0) is 40.2 Å². The van der Waals surface area contributed by atoms with Crippen LogP contribution in [-0.2, 0) is 6.42 Å². The van der Waals surface area contributed by atoms with Gasteiger partial charge in [0.2, 0.25) is 0 Å². The van der Waals surface area contributed by atoms with Gasteiger partial charge < -0.3 is 10.4 Å². The molecule has 2 N–H and O–H groups in total. The third kappa shape index (κ3) is 5.85. The molecule has 0 saturated carbocycles. The normalized spacial score (nSPS) is 15.6. The number of hydrogen-bond acceptors (Lipinski definition) is 2. The molecule has 1 unspecified atom stereocenters. The zero-order valence-corrected chi connectivity index (χ0v) is 11.7. The van der Waals surface area contributed by atoms with E-state index in [0.29, 0.717) is 13.0 Å². The lowest BCUT2D eigenvalue weighted by Crippen LogP contribution is -2.47. The SMILES string of the molecule is Cc1ccc(CC(C)(O)CNC(C)(C)C)cc1. The van der Waals surface area contributed by atoms with Gasteiger partial charge in [-0.25, -0.2) is 0 Å². The Morgan fingerprint density at radius 1 is 1.06 bits per heavy atom. The molecule has 2 heteroatoms. The summed E-state index contributed by atoms with van der Waals surface area (Å²) in [7, 11) is 0. The van der Waals surface area contributed by atoms with E-state index in [1.807, 2.05) is 6.92 Å². The van der Waals surface area contributed by atoms with Crippen LogP contribution in [0, 0.1) is 6.92 Å². The van der Waals surface area contributed by atoms with Crippen LogP contribution >= 0.6 is 0 Å². The van der Waals surface area contributed by atoms with Crippen molar-refractivity contribution in [3.63, 3.8) is 0 Å². The van der Waals surface area contributed by atoms with E-state index in [2.05, 4.69) is 57.3 Å². The Hall–Kier alpha value is -0.860. The summed E-state index contributed by atoms with van der Waals surface area (Å²) in [4.78, 5) is 0. The van der Waals surface area contributed by atoms with Gasteiger partial charge in [-0.3, -0.25) is 0 Å². The van der Waals surface area contributed by atoms with E-state index in [4.69, 9.17) is 0 Å². The molecule has 0 aromatic heterocycles. The van der Waals surface area contributed by atoms with Crippen LogP contribution in [0.4, 0.5) is 0 Å². The second-order valence-corrected chi connectivity index (χ2v) is 6.26. The predicted octanol–water partition coefficient (Wildman–Crippen LogP) is 2.68. The molecule has 0 saturated heterocycles. The summed E-state index contributed by atoms with van der Waals surface area (Å²) in [6, 6.07) is 8.34. The quantitative estimate of drug-likeness (QED) is 0.841. The summed E-state index contributed by atoms with van der Waals surface area (Å²) >= 11 is 0. The molecule has 0 aliphatic heterocycles. The Morgan fingerprint density at radius 3 is 2.06 bits per heavy atom. The van der Waals surface area contributed by atoms with Crippen molar-refractivity contribution < 1.29 is 5.11 Å². The lowest BCUT2D eigenvalue weighted by Gasteiger charge is -2.29. The van der Waals surface area contributed by atoms with E-state index in [9.17, 15) is 5.11 Å². The molecule has 0 aliphatic carbocycles. The molecule has 96 valence electrons. The molecule has 17 heavy (non-hydrogen) atoms. The van der Waals surface area contributed by atoms with E-state index in [0.717, 1.165) is 0 Å². The minimum absolute atomic E-state index is 0.0390. The molecule has 1 rings (SSSR count). The Balaban J connectivity index is 2.57. The zero-order valence-electron chi connectivity index (χ0n) is 11.7. The number of β-amino-alcohol motifs (C(OH)–C–C–N with tert-alkyl or cyclic N) is 1. The van der Waals surface area contributed by atoms with Crippen LogP contribution in [0.3, 0.4) is 0 Å². The maximum atomic E-state index is 10.3. The molecule has 2 nitrogen and oxygen atoms in total. The first kappa shape index (κ1) is 14.2. The first-order valence-electron chi connectivity index (χ1n) is 6.21. The van der Waals surface area contributed by atoms with Crippen LogP contribution in [0.15, 0.2) is 24.3 Å². The van der Waals surface area contributed by atoms with Crippen molar-refractivity contribution in [2.45, 2.75) is 52.2 Å².